The van der Waals surface area contributed by atoms with Crippen LogP contribution in [-0.2, 0) is 32.0 Å². The van der Waals surface area contributed by atoms with Gasteiger partial charge in [-0.1, -0.05) is 60.1 Å². The zero-order valence-corrected chi connectivity index (χ0v) is 25.9. The van der Waals surface area contributed by atoms with Gasteiger partial charge in [0.05, 0.1) is 6.54 Å². The van der Waals surface area contributed by atoms with Gasteiger partial charge in [-0.2, -0.15) is 0 Å². The van der Waals surface area contributed by atoms with Crippen molar-refractivity contribution in [3.63, 3.8) is 0 Å². The number of guanidine groups is 1. The van der Waals surface area contributed by atoms with Crippen molar-refractivity contribution >= 4 is 41.2 Å². The van der Waals surface area contributed by atoms with Crippen molar-refractivity contribution in [2.75, 3.05) is 39.8 Å². The number of halogens is 1. The van der Waals surface area contributed by atoms with Crippen molar-refractivity contribution in [3.8, 4) is 0 Å². The second kappa shape index (κ2) is 15.6. The monoisotopic (exact) mass is 623 g/mol. The summed E-state index contributed by atoms with van der Waals surface area (Å²) in [5.74, 6) is -1.41. The standard InChI is InChI=1S/C32H42ClN7O4/c1-36-30(43)26(17-23-12-8-16-39(19-23)32(34)35)37-28(41)20-40-27(18-24-13-5-6-14-25(24)33)31(44)38(21-29(40)42)15-7-11-22-9-3-2-4-10-22/h2-6,9-10,13-14,23,26-27H,7-8,11-12,15-21H2,1H3,(H3,34,35)(H,36,43)(H,37,41). The summed E-state index contributed by atoms with van der Waals surface area (Å²) in [6.45, 7) is 1.13. The molecule has 236 valence electrons. The van der Waals surface area contributed by atoms with E-state index in [9.17, 15) is 19.2 Å². The van der Waals surface area contributed by atoms with Gasteiger partial charge >= 0.3 is 0 Å². The minimum Gasteiger partial charge on any atom is -0.370 e. The average Bonchev–Trinajstić information content (AvgIpc) is 3.02. The van der Waals surface area contributed by atoms with E-state index in [4.69, 9.17) is 22.7 Å². The van der Waals surface area contributed by atoms with Gasteiger partial charge in [0.25, 0.3) is 0 Å². The maximum atomic E-state index is 13.8. The third kappa shape index (κ3) is 8.72. The van der Waals surface area contributed by atoms with Gasteiger partial charge in [0.15, 0.2) is 5.96 Å². The van der Waals surface area contributed by atoms with Gasteiger partial charge in [0.2, 0.25) is 23.6 Å². The molecule has 2 aromatic carbocycles. The lowest BCUT2D eigenvalue weighted by Crippen LogP contribution is -2.63. The smallest absolute Gasteiger partial charge is 0.246 e. The topological polar surface area (TPSA) is 152 Å². The van der Waals surface area contributed by atoms with Crippen molar-refractivity contribution < 1.29 is 19.2 Å². The SMILES string of the molecule is CNC(=O)C(CC1CCCN(C(=N)N)C1)NC(=O)CN1C(=O)CN(CCCc2ccccc2)C(=O)C1Cc1ccccc1Cl. The molecule has 5 N–H and O–H groups in total. The Labute approximate surface area is 263 Å². The maximum absolute atomic E-state index is 13.8. The minimum absolute atomic E-state index is 0.0119. The van der Waals surface area contributed by atoms with Gasteiger partial charge < -0.3 is 31.1 Å². The number of piperazine rings is 1. The number of hydrogen-bond donors (Lipinski definition) is 4. The van der Waals surface area contributed by atoms with Crippen LogP contribution in [-0.4, -0.2) is 96.1 Å². The fourth-order valence-electron chi connectivity index (χ4n) is 6.04. The fourth-order valence-corrected chi connectivity index (χ4v) is 6.25. The molecule has 2 heterocycles. The Hall–Kier alpha value is -4.12. The van der Waals surface area contributed by atoms with E-state index < -0.39 is 18.0 Å². The molecule has 0 radical (unpaired) electrons. The first-order valence-corrected chi connectivity index (χ1v) is 15.5. The molecule has 11 nitrogen and oxygen atoms in total. The molecule has 2 fully saturated rings. The summed E-state index contributed by atoms with van der Waals surface area (Å²) in [7, 11) is 1.50. The molecule has 2 aliphatic heterocycles. The van der Waals surface area contributed by atoms with E-state index in [2.05, 4.69) is 10.6 Å². The fraction of sp³-hybridized carbons (Fsp3) is 0.469. The highest BCUT2D eigenvalue weighted by Gasteiger charge is 2.40. The summed E-state index contributed by atoms with van der Waals surface area (Å²) in [4.78, 5) is 58.1. The molecule has 2 aliphatic rings. The zero-order chi connectivity index (χ0) is 31.6. The number of amides is 4. The lowest BCUT2D eigenvalue weighted by molar-refractivity contribution is -0.157. The molecule has 0 aliphatic carbocycles. The van der Waals surface area contributed by atoms with E-state index in [-0.39, 0.29) is 49.1 Å². The predicted octanol–water partition coefficient (Wildman–Crippen LogP) is 1.78. The number of likely N-dealkylation sites (N-methyl/N-ethyl adjacent to an activating group) is 1. The third-order valence-corrected chi connectivity index (χ3v) is 8.74. The maximum Gasteiger partial charge on any atom is 0.246 e. The van der Waals surface area contributed by atoms with Crippen molar-refractivity contribution in [2.45, 2.75) is 50.6 Å². The predicted molar refractivity (Wildman–Crippen MR) is 169 cm³/mol. The number of benzene rings is 2. The largest absolute Gasteiger partial charge is 0.370 e. The van der Waals surface area contributed by atoms with Crippen LogP contribution in [0.15, 0.2) is 54.6 Å². The van der Waals surface area contributed by atoms with Crippen LogP contribution in [0.2, 0.25) is 5.02 Å². The summed E-state index contributed by atoms with van der Waals surface area (Å²) in [6, 6.07) is 15.4. The molecule has 12 heteroatoms. The molecule has 4 rings (SSSR count). The van der Waals surface area contributed by atoms with Gasteiger partial charge in [-0.25, -0.2) is 0 Å². The highest BCUT2D eigenvalue weighted by molar-refractivity contribution is 6.31. The average molecular weight is 624 g/mol. The first-order chi connectivity index (χ1) is 21.2. The number of piperidine rings is 1. The second-order valence-corrected chi connectivity index (χ2v) is 11.9. The third-order valence-electron chi connectivity index (χ3n) is 8.37. The van der Waals surface area contributed by atoms with Gasteiger partial charge in [0, 0.05) is 38.1 Å². The van der Waals surface area contributed by atoms with Crippen LogP contribution in [0.5, 0.6) is 0 Å². The van der Waals surface area contributed by atoms with E-state index in [1.165, 1.54) is 11.9 Å². The Bertz CT molecular complexity index is 1340. The molecule has 0 aromatic heterocycles. The van der Waals surface area contributed by atoms with Gasteiger partial charge in [-0.05, 0) is 55.2 Å². The lowest BCUT2D eigenvalue weighted by Gasteiger charge is -2.40. The van der Waals surface area contributed by atoms with Gasteiger partial charge in [-0.3, -0.25) is 24.6 Å². The number of hydrogen-bond acceptors (Lipinski definition) is 5. The van der Waals surface area contributed by atoms with Crippen LogP contribution in [0.1, 0.15) is 36.8 Å². The molecule has 4 amide bonds. The highest BCUT2D eigenvalue weighted by atomic mass is 35.5. The van der Waals surface area contributed by atoms with E-state index >= 15 is 0 Å². The van der Waals surface area contributed by atoms with Crippen molar-refractivity contribution in [3.05, 3.63) is 70.7 Å². The number of likely N-dealkylation sites (tertiary alicyclic amines) is 1. The molecule has 3 atom stereocenters. The number of aryl methyl sites for hydroxylation is 1. The zero-order valence-electron chi connectivity index (χ0n) is 25.1. The molecular formula is C32H42ClN7O4. The quantitative estimate of drug-likeness (QED) is 0.209. The van der Waals surface area contributed by atoms with E-state index in [1.807, 2.05) is 42.5 Å². The number of nitrogens with two attached hydrogens (primary N) is 1. The van der Waals surface area contributed by atoms with Crippen molar-refractivity contribution in [2.24, 2.45) is 11.7 Å². The molecule has 3 unspecified atom stereocenters. The van der Waals surface area contributed by atoms with Gasteiger partial charge in [0.1, 0.15) is 18.6 Å². The van der Waals surface area contributed by atoms with Crippen LogP contribution < -0.4 is 16.4 Å². The minimum atomic E-state index is -0.917. The Morgan fingerprint density at radius 2 is 1.84 bits per heavy atom. The number of carbonyl (C=O) groups excluding carboxylic acids is 4. The van der Waals surface area contributed by atoms with E-state index in [0.29, 0.717) is 43.1 Å². The highest BCUT2D eigenvalue weighted by Crippen LogP contribution is 2.24. The molecule has 2 saturated heterocycles. The Morgan fingerprint density at radius 1 is 1.11 bits per heavy atom. The number of nitrogens with zero attached hydrogens (tertiary/aromatic N) is 3. The lowest BCUT2D eigenvalue weighted by atomic mass is 9.91. The Kier molecular flexibility index (Phi) is 11.6. The van der Waals surface area contributed by atoms with Crippen molar-refractivity contribution in [1.29, 1.82) is 5.41 Å². The number of carbonyl (C=O) groups is 4. The first kappa shape index (κ1) is 32.8. The normalized spacial score (nSPS) is 19.5. The summed E-state index contributed by atoms with van der Waals surface area (Å²) >= 11 is 6.43. The molecule has 0 spiro atoms. The van der Waals surface area contributed by atoms with Crippen LogP contribution in [0, 0.1) is 11.3 Å². The van der Waals surface area contributed by atoms with Crippen molar-refractivity contribution in [1.82, 2.24) is 25.3 Å². The first-order valence-electron chi connectivity index (χ1n) is 15.1. The Morgan fingerprint density at radius 3 is 2.55 bits per heavy atom. The molecule has 44 heavy (non-hydrogen) atoms. The van der Waals surface area contributed by atoms with Crippen LogP contribution in [0.3, 0.4) is 0 Å². The summed E-state index contributed by atoms with van der Waals surface area (Å²) < 4.78 is 0. The van der Waals surface area contributed by atoms with Gasteiger partial charge in [-0.15, -0.1) is 0 Å². The van der Waals surface area contributed by atoms with Crippen LogP contribution in [0.25, 0.3) is 0 Å². The Balaban J connectivity index is 1.46. The summed E-state index contributed by atoms with van der Waals surface area (Å²) in [5.41, 5.74) is 7.54. The van der Waals surface area contributed by atoms with E-state index in [0.717, 1.165) is 24.8 Å². The summed E-state index contributed by atoms with van der Waals surface area (Å²) in [6.07, 6.45) is 3.65. The van der Waals surface area contributed by atoms with Crippen LogP contribution >= 0.6 is 11.6 Å². The molecule has 0 saturated carbocycles. The number of rotatable bonds is 12. The summed E-state index contributed by atoms with van der Waals surface area (Å²) in [5, 5.41) is 13.6. The number of nitrogens with one attached hydrogen (secondary N) is 3. The molecule has 0 bridgehead atoms. The van der Waals surface area contributed by atoms with E-state index in [1.54, 1.807) is 21.9 Å². The molecular weight excluding hydrogens is 582 g/mol. The second-order valence-electron chi connectivity index (χ2n) is 11.5. The van der Waals surface area contributed by atoms with Crippen LogP contribution in [0.4, 0.5) is 0 Å². The molecule has 2 aromatic rings.